The van der Waals surface area contributed by atoms with Crippen LogP contribution in [0.1, 0.15) is 33.6 Å². The summed E-state index contributed by atoms with van der Waals surface area (Å²) in [6.45, 7) is 8.10. The van der Waals surface area contributed by atoms with Crippen molar-refractivity contribution in [2.45, 2.75) is 39.2 Å². The van der Waals surface area contributed by atoms with Crippen LogP contribution < -0.4 is 4.90 Å². The van der Waals surface area contributed by atoms with E-state index in [-0.39, 0.29) is 6.09 Å². The van der Waals surface area contributed by atoms with Gasteiger partial charge in [-0.25, -0.2) is 14.8 Å². The molecule has 0 aromatic carbocycles. The highest BCUT2D eigenvalue weighted by Crippen LogP contribution is 2.27. The molecule has 2 heterocycles. The fraction of sp³-hybridized carbons (Fsp3) is 0.688. The number of piperidine rings is 1. The van der Waals surface area contributed by atoms with Gasteiger partial charge >= 0.3 is 6.09 Å². The number of carbonyl (C=O) groups excluding carboxylic acids is 1. The summed E-state index contributed by atoms with van der Waals surface area (Å²) in [6.07, 6.45) is 4.86. The number of aromatic nitrogens is 2. The molecule has 7 heteroatoms. The van der Waals surface area contributed by atoms with E-state index >= 15 is 0 Å². The van der Waals surface area contributed by atoms with Crippen LogP contribution in [0.3, 0.4) is 0 Å². The molecule has 0 atom stereocenters. The Bertz CT molecular complexity index is 539. The van der Waals surface area contributed by atoms with Crippen LogP contribution in [-0.2, 0) is 4.74 Å². The lowest BCUT2D eigenvalue weighted by atomic mass is 9.96. The highest BCUT2D eigenvalue weighted by atomic mass is 35.5. The molecule has 0 aliphatic carbocycles. The standard InChI is InChI=1S/C16H25ClN4O2/c1-16(2,3)23-15(22)20(4)10-12-5-7-21(8-6-12)14-13(17)9-18-11-19-14/h9,11-12H,5-8,10H2,1-4H3. The van der Waals surface area contributed by atoms with E-state index in [1.54, 1.807) is 18.1 Å². The molecule has 1 fully saturated rings. The molecule has 23 heavy (non-hydrogen) atoms. The Morgan fingerprint density at radius 2 is 2.09 bits per heavy atom. The predicted molar refractivity (Wildman–Crippen MR) is 90.8 cm³/mol. The summed E-state index contributed by atoms with van der Waals surface area (Å²) in [7, 11) is 1.79. The smallest absolute Gasteiger partial charge is 0.410 e. The first-order valence-electron chi connectivity index (χ1n) is 7.91. The van der Waals surface area contributed by atoms with Gasteiger partial charge in [0, 0.05) is 26.7 Å². The number of ether oxygens (including phenoxy) is 1. The predicted octanol–water partition coefficient (Wildman–Crippen LogP) is 3.21. The lowest BCUT2D eigenvalue weighted by molar-refractivity contribution is 0.0266. The van der Waals surface area contributed by atoms with Crippen molar-refractivity contribution in [1.82, 2.24) is 14.9 Å². The second-order valence-electron chi connectivity index (χ2n) is 6.99. The summed E-state index contributed by atoms with van der Waals surface area (Å²) in [5.41, 5.74) is -0.460. The minimum absolute atomic E-state index is 0.265. The van der Waals surface area contributed by atoms with Gasteiger partial charge in [0.05, 0.1) is 6.20 Å². The molecule has 0 saturated carbocycles. The Hall–Kier alpha value is -1.56. The molecule has 1 aliphatic rings. The summed E-state index contributed by atoms with van der Waals surface area (Å²) < 4.78 is 5.39. The number of amides is 1. The number of halogens is 1. The van der Waals surface area contributed by atoms with Crippen molar-refractivity contribution in [3.63, 3.8) is 0 Å². The van der Waals surface area contributed by atoms with Crippen LogP contribution in [-0.4, -0.2) is 53.2 Å². The van der Waals surface area contributed by atoms with E-state index in [0.717, 1.165) is 31.7 Å². The highest BCUT2D eigenvalue weighted by molar-refractivity contribution is 6.32. The van der Waals surface area contributed by atoms with E-state index in [4.69, 9.17) is 16.3 Å². The first-order chi connectivity index (χ1) is 10.8. The molecule has 128 valence electrons. The zero-order chi connectivity index (χ0) is 17.0. The van der Waals surface area contributed by atoms with Crippen molar-refractivity contribution < 1.29 is 9.53 Å². The molecule has 1 aliphatic heterocycles. The van der Waals surface area contributed by atoms with E-state index in [9.17, 15) is 4.79 Å². The summed E-state index contributed by atoms with van der Waals surface area (Å²) in [5, 5.41) is 0.580. The van der Waals surface area contributed by atoms with E-state index in [1.165, 1.54) is 6.33 Å². The minimum atomic E-state index is -0.460. The number of anilines is 1. The molecular weight excluding hydrogens is 316 g/mol. The van der Waals surface area contributed by atoms with Crippen molar-refractivity contribution >= 4 is 23.5 Å². The molecule has 0 bridgehead atoms. The third-order valence-corrected chi connectivity index (χ3v) is 4.07. The van der Waals surface area contributed by atoms with Crippen molar-refractivity contribution in [2.24, 2.45) is 5.92 Å². The van der Waals surface area contributed by atoms with Crippen LogP contribution in [0.5, 0.6) is 0 Å². The highest BCUT2D eigenvalue weighted by Gasteiger charge is 2.26. The molecule has 1 amide bonds. The molecule has 1 saturated heterocycles. The zero-order valence-corrected chi connectivity index (χ0v) is 15.0. The van der Waals surface area contributed by atoms with Gasteiger partial charge in [0.25, 0.3) is 0 Å². The van der Waals surface area contributed by atoms with E-state index in [0.29, 0.717) is 17.5 Å². The van der Waals surface area contributed by atoms with E-state index < -0.39 is 5.60 Å². The maximum atomic E-state index is 12.0. The lowest BCUT2D eigenvalue weighted by Crippen LogP contribution is -2.41. The third kappa shape index (κ3) is 5.23. The second kappa shape index (κ2) is 7.34. The van der Waals surface area contributed by atoms with Crippen LogP contribution in [0.25, 0.3) is 0 Å². The fourth-order valence-electron chi connectivity index (χ4n) is 2.67. The van der Waals surface area contributed by atoms with Crippen LogP contribution in [0.2, 0.25) is 5.02 Å². The number of hydrogen-bond donors (Lipinski definition) is 0. The van der Waals surface area contributed by atoms with Gasteiger partial charge < -0.3 is 14.5 Å². The van der Waals surface area contributed by atoms with Crippen molar-refractivity contribution in [2.75, 3.05) is 31.6 Å². The first-order valence-corrected chi connectivity index (χ1v) is 8.28. The fourth-order valence-corrected chi connectivity index (χ4v) is 2.89. The Kier molecular flexibility index (Phi) is 5.68. The number of nitrogens with zero attached hydrogens (tertiary/aromatic N) is 4. The minimum Gasteiger partial charge on any atom is -0.444 e. The Morgan fingerprint density at radius 1 is 1.43 bits per heavy atom. The largest absolute Gasteiger partial charge is 0.444 e. The molecule has 6 nitrogen and oxygen atoms in total. The summed E-state index contributed by atoms with van der Waals surface area (Å²) in [5.74, 6) is 1.25. The van der Waals surface area contributed by atoms with Crippen LogP contribution in [0, 0.1) is 5.92 Å². The molecule has 0 N–H and O–H groups in total. The average molecular weight is 341 g/mol. The Morgan fingerprint density at radius 3 is 2.65 bits per heavy atom. The monoisotopic (exact) mass is 340 g/mol. The van der Waals surface area contributed by atoms with Gasteiger partial charge in [0.1, 0.15) is 17.0 Å². The summed E-state index contributed by atoms with van der Waals surface area (Å²) in [4.78, 5) is 24.0. The molecule has 0 radical (unpaired) electrons. The van der Waals surface area contributed by atoms with Gasteiger partial charge in [0.15, 0.2) is 5.82 Å². The van der Waals surface area contributed by atoms with Gasteiger partial charge in [-0.3, -0.25) is 0 Å². The van der Waals surface area contributed by atoms with E-state index in [1.807, 2.05) is 20.8 Å². The molecule has 2 rings (SSSR count). The van der Waals surface area contributed by atoms with Crippen LogP contribution in [0.4, 0.5) is 10.6 Å². The summed E-state index contributed by atoms with van der Waals surface area (Å²) in [6, 6.07) is 0. The van der Waals surface area contributed by atoms with Gasteiger partial charge in [-0.05, 0) is 39.5 Å². The number of hydrogen-bond acceptors (Lipinski definition) is 5. The average Bonchev–Trinajstić information content (AvgIpc) is 2.47. The number of rotatable bonds is 3. The van der Waals surface area contributed by atoms with Crippen molar-refractivity contribution in [1.29, 1.82) is 0 Å². The SMILES string of the molecule is CN(CC1CCN(c2ncncc2Cl)CC1)C(=O)OC(C)(C)C. The maximum Gasteiger partial charge on any atom is 0.410 e. The number of carbonyl (C=O) groups is 1. The van der Waals surface area contributed by atoms with Gasteiger partial charge in [-0.15, -0.1) is 0 Å². The summed E-state index contributed by atoms with van der Waals surface area (Å²) >= 11 is 6.15. The second-order valence-corrected chi connectivity index (χ2v) is 7.39. The third-order valence-electron chi connectivity index (χ3n) is 3.80. The Labute approximate surface area is 142 Å². The van der Waals surface area contributed by atoms with Gasteiger partial charge in [-0.2, -0.15) is 0 Å². The molecule has 1 aromatic heterocycles. The Balaban J connectivity index is 1.83. The zero-order valence-electron chi connectivity index (χ0n) is 14.3. The van der Waals surface area contributed by atoms with Crippen molar-refractivity contribution in [3.8, 4) is 0 Å². The molecule has 0 unspecified atom stereocenters. The quantitative estimate of drug-likeness (QED) is 0.845. The molecule has 0 spiro atoms. The normalized spacial score (nSPS) is 16.3. The van der Waals surface area contributed by atoms with Crippen LogP contribution >= 0.6 is 11.6 Å². The van der Waals surface area contributed by atoms with Crippen LogP contribution in [0.15, 0.2) is 12.5 Å². The van der Waals surface area contributed by atoms with Gasteiger partial charge in [-0.1, -0.05) is 11.6 Å². The molecular formula is C16H25ClN4O2. The van der Waals surface area contributed by atoms with Crippen molar-refractivity contribution in [3.05, 3.63) is 17.5 Å². The molecule has 1 aromatic rings. The first kappa shape index (κ1) is 17.8. The topological polar surface area (TPSA) is 58.6 Å². The van der Waals surface area contributed by atoms with E-state index in [2.05, 4.69) is 14.9 Å². The maximum absolute atomic E-state index is 12.0. The van der Waals surface area contributed by atoms with Gasteiger partial charge in [0.2, 0.25) is 0 Å². The lowest BCUT2D eigenvalue weighted by Gasteiger charge is -2.35.